The molecule has 82 valence electrons. The van der Waals surface area contributed by atoms with Gasteiger partial charge in [-0.1, -0.05) is 18.2 Å². The van der Waals surface area contributed by atoms with Crippen molar-refractivity contribution in [2.24, 2.45) is 0 Å². The zero-order valence-electron chi connectivity index (χ0n) is 8.74. The monoisotopic (exact) mass is 207 g/mol. The summed E-state index contributed by atoms with van der Waals surface area (Å²) in [6.45, 7) is 1.92. The number of aliphatic hydroxyl groups is 1. The quantitative estimate of drug-likeness (QED) is 0.686. The second-order valence-corrected chi connectivity index (χ2v) is 4.04. The molecule has 0 spiro atoms. The van der Waals surface area contributed by atoms with E-state index in [1.165, 1.54) is 0 Å². The molecule has 15 heavy (non-hydrogen) atoms. The van der Waals surface area contributed by atoms with Crippen molar-refractivity contribution < 1.29 is 10.2 Å². The molecule has 0 bridgehead atoms. The van der Waals surface area contributed by atoms with E-state index < -0.39 is 0 Å². The van der Waals surface area contributed by atoms with E-state index in [4.69, 9.17) is 5.11 Å². The molecule has 3 nitrogen and oxygen atoms in total. The summed E-state index contributed by atoms with van der Waals surface area (Å²) in [5.41, 5.74) is 1.62. The number of hydrogen-bond donors (Lipinski definition) is 3. The molecule has 1 saturated heterocycles. The lowest BCUT2D eigenvalue weighted by Crippen LogP contribution is -2.26. The number of benzene rings is 1. The van der Waals surface area contributed by atoms with Crippen LogP contribution in [0.15, 0.2) is 18.2 Å². The average molecular weight is 207 g/mol. The molecule has 0 saturated carbocycles. The highest BCUT2D eigenvalue weighted by Crippen LogP contribution is 2.34. The number of nitrogens with one attached hydrogen (secondary N) is 1. The predicted molar refractivity (Wildman–Crippen MR) is 58.9 cm³/mol. The van der Waals surface area contributed by atoms with Gasteiger partial charge in [0.2, 0.25) is 0 Å². The van der Waals surface area contributed by atoms with Crippen LogP contribution in [-0.4, -0.2) is 23.3 Å². The molecule has 1 aromatic rings. The highest BCUT2D eigenvalue weighted by molar-refractivity contribution is 5.42. The summed E-state index contributed by atoms with van der Waals surface area (Å²) in [5.74, 6) is 0.713. The fourth-order valence-electron chi connectivity index (χ4n) is 2.20. The lowest BCUT2D eigenvalue weighted by atomic mass is 9.88. The number of phenols is 1. The molecule has 1 fully saturated rings. The standard InChI is InChI=1S/C12H17NO2/c14-8-10-2-1-3-11(12(10)15)9-4-6-13-7-5-9/h1-3,9,13-15H,4-8H2. The van der Waals surface area contributed by atoms with Gasteiger partial charge in [-0.15, -0.1) is 0 Å². The van der Waals surface area contributed by atoms with Gasteiger partial charge in [0.25, 0.3) is 0 Å². The van der Waals surface area contributed by atoms with Gasteiger partial charge in [0, 0.05) is 5.56 Å². The Hall–Kier alpha value is -1.06. The number of aliphatic hydroxyl groups excluding tert-OH is 1. The van der Waals surface area contributed by atoms with Gasteiger partial charge >= 0.3 is 0 Å². The minimum atomic E-state index is -0.0926. The van der Waals surface area contributed by atoms with Crippen LogP contribution in [0.4, 0.5) is 0 Å². The molecular weight excluding hydrogens is 190 g/mol. The normalized spacial score (nSPS) is 17.9. The van der Waals surface area contributed by atoms with Crippen molar-refractivity contribution in [2.75, 3.05) is 13.1 Å². The summed E-state index contributed by atoms with van der Waals surface area (Å²) in [4.78, 5) is 0. The van der Waals surface area contributed by atoms with E-state index in [2.05, 4.69) is 5.32 Å². The van der Waals surface area contributed by atoms with Crippen LogP contribution in [0.25, 0.3) is 0 Å². The highest BCUT2D eigenvalue weighted by atomic mass is 16.3. The number of hydrogen-bond acceptors (Lipinski definition) is 3. The Morgan fingerprint density at radius 2 is 2.00 bits per heavy atom. The van der Waals surface area contributed by atoms with Crippen molar-refractivity contribution in [3.8, 4) is 5.75 Å². The Bertz CT molecular complexity index is 332. The van der Waals surface area contributed by atoms with E-state index in [1.54, 1.807) is 6.07 Å². The van der Waals surface area contributed by atoms with Crippen LogP contribution in [-0.2, 0) is 6.61 Å². The molecule has 2 rings (SSSR count). The van der Waals surface area contributed by atoms with Gasteiger partial charge in [0.1, 0.15) is 5.75 Å². The first-order chi connectivity index (χ1) is 7.33. The van der Waals surface area contributed by atoms with Crippen molar-refractivity contribution >= 4 is 0 Å². The minimum absolute atomic E-state index is 0.0926. The van der Waals surface area contributed by atoms with E-state index >= 15 is 0 Å². The van der Waals surface area contributed by atoms with Gasteiger partial charge < -0.3 is 15.5 Å². The van der Waals surface area contributed by atoms with Crippen molar-refractivity contribution in [2.45, 2.75) is 25.4 Å². The molecule has 0 aliphatic carbocycles. The Kier molecular flexibility index (Phi) is 3.23. The Morgan fingerprint density at radius 3 is 2.67 bits per heavy atom. The van der Waals surface area contributed by atoms with Crippen LogP contribution in [0.1, 0.15) is 29.9 Å². The summed E-state index contributed by atoms with van der Waals surface area (Å²) in [6, 6.07) is 5.63. The summed E-state index contributed by atoms with van der Waals surface area (Å²) in [6.07, 6.45) is 2.12. The first-order valence-corrected chi connectivity index (χ1v) is 5.45. The number of piperidine rings is 1. The van der Waals surface area contributed by atoms with Crippen LogP contribution < -0.4 is 5.32 Å². The second-order valence-electron chi connectivity index (χ2n) is 4.04. The molecule has 0 unspecified atom stereocenters. The third-order valence-electron chi connectivity index (χ3n) is 3.10. The third kappa shape index (κ3) is 2.13. The van der Waals surface area contributed by atoms with Crippen molar-refractivity contribution in [1.29, 1.82) is 0 Å². The molecule has 0 amide bonds. The maximum absolute atomic E-state index is 9.96. The molecule has 0 aromatic heterocycles. The van der Waals surface area contributed by atoms with E-state index in [0.29, 0.717) is 11.5 Å². The van der Waals surface area contributed by atoms with E-state index in [9.17, 15) is 5.11 Å². The molecule has 3 heteroatoms. The number of para-hydroxylation sites is 1. The third-order valence-corrected chi connectivity index (χ3v) is 3.10. The molecule has 0 radical (unpaired) electrons. The Labute approximate surface area is 89.8 Å². The van der Waals surface area contributed by atoms with E-state index in [-0.39, 0.29) is 12.4 Å². The number of aromatic hydroxyl groups is 1. The minimum Gasteiger partial charge on any atom is -0.507 e. The topological polar surface area (TPSA) is 52.5 Å². The zero-order valence-corrected chi connectivity index (χ0v) is 8.74. The van der Waals surface area contributed by atoms with Crippen LogP contribution in [0, 0.1) is 0 Å². The summed E-state index contributed by atoms with van der Waals surface area (Å²) < 4.78 is 0. The van der Waals surface area contributed by atoms with Crippen molar-refractivity contribution in [1.82, 2.24) is 5.32 Å². The van der Waals surface area contributed by atoms with Gasteiger partial charge in [-0.05, 0) is 37.4 Å². The molecule has 0 atom stereocenters. The molecular formula is C12H17NO2. The van der Waals surface area contributed by atoms with Crippen molar-refractivity contribution in [3.63, 3.8) is 0 Å². The van der Waals surface area contributed by atoms with E-state index in [0.717, 1.165) is 31.5 Å². The second kappa shape index (κ2) is 4.64. The lowest BCUT2D eigenvalue weighted by Gasteiger charge is -2.24. The smallest absolute Gasteiger partial charge is 0.124 e. The summed E-state index contributed by atoms with van der Waals surface area (Å²) >= 11 is 0. The lowest BCUT2D eigenvalue weighted by molar-refractivity contribution is 0.274. The zero-order chi connectivity index (χ0) is 10.7. The van der Waals surface area contributed by atoms with Crippen LogP contribution >= 0.6 is 0 Å². The number of rotatable bonds is 2. The molecule has 1 aromatic carbocycles. The average Bonchev–Trinajstić information content (AvgIpc) is 2.30. The molecule has 1 aliphatic heterocycles. The fraction of sp³-hybridized carbons (Fsp3) is 0.500. The maximum Gasteiger partial charge on any atom is 0.124 e. The van der Waals surface area contributed by atoms with E-state index in [1.807, 2.05) is 12.1 Å². The summed E-state index contributed by atoms with van der Waals surface area (Å²) in [5, 5.41) is 22.3. The molecule has 3 N–H and O–H groups in total. The molecule has 1 aliphatic rings. The van der Waals surface area contributed by atoms with Crippen LogP contribution in [0.3, 0.4) is 0 Å². The van der Waals surface area contributed by atoms with Gasteiger partial charge in [-0.25, -0.2) is 0 Å². The van der Waals surface area contributed by atoms with Gasteiger partial charge in [0.15, 0.2) is 0 Å². The maximum atomic E-state index is 9.96. The Balaban J connectivity index is 2.26. The van der Waals surface area contributed by atoms with Gasteiger partial charge in [0.05, 0.1) is 6.61 Å². The van der Waals surface area contributed by atoms with Gasteiger partial charge in [-0.3, -0.25) is 0 Å². The van der Waals surface area contributed by atoms with Crippen LogP contribution in [0.5, 0.6) is 5.75 Å². The Morgan fingerprint density at radius 1 is 1.27 bits per heavy atom. The largest absolute Gasteiger partial charge is 0.507 e. The fourth-order valence-corrected chi connectivity index (χ4v) is 2.20. The van der Waals surface area contributed by atoms with Crippen molar-refractivity contribution in [3.05, 3.63) is 29.3 Å². The molecule has 1 heterocycles. The van der Waals surface area contributed by atoms with Gasteiger partial charge in [-0.2, -0.15) is 0 Å². The first kappa shape index (κ1) is 10.5. The summed E-state index contributed by atoms with van der Waals surface area (Å²) in [7, 11) is 0. The first-order valence-electron chi connectivity index (χ1n) is 5.45. The SMILES string of the molecule is OCc1cccc(C2CCNCC2)c1O. The van der Waals surface area contributed by atoms with Crippen LogP contribution in [0.2, 0.25) is 0 Å². The highest BCUT2D eigenvalue weighted by Gasteiger charge is 2.19. The predicted octanol–water partition coefficient (Wildman–Crippen LogP) is 1.35.